The van der Waals surface area contributed by atoms with Crippen LogP contribution in [-0.2, 0) is 19.3 Å². The Labute approximate surface area is 136 Å². The molecule has 0 aliphatic heterocycles. The summed E-state index contributed by atoms with van der Waals surface area (Å²) >= 11 is 3.92. The van der Waals surface area contributed by atoms with Crippen LogP contribution in [0.2, 0.25) is 0 Å². The van der Waals surface area contributed by atoms with E-state index in [1.165, 1.54) is 45.2 Å². The van der Waals surface area contributed by atoms with Crippen LogP contribution in [0, 0.1) is 0 Å². The predicted octanol–water partition coefficient (Wildman–Crippen LogP) is 3.96. The number of rotatable bonds is 10. The molecule has 4 N–H and O–H groups in total. The summed E-state index contributed by atoms with van der Waals surface area (Å²) in [6, 6.07) is 9.14. The summed E-state index contributed by atoms with van der Waals surface area (Å²) in [6.45, 7) is 1.61. The van der Waals surface area contributed by atoms with E-state index in [-0.39, 0.29) is 0 Å². The van der Waals surface area contributed by atoms with Crippen LogP contribution in [0.3, 0.4) is 0 Å². The highest BCUT2D eigenvalue weighted by molar-refractivity contribution is 7.13. The quantitative estimate of drug-likeness (QED) is 0.650. The molecule has 2 rings (SSSR count). The molecule has 4 heteroatoms. The topological polar surface area (TPSA) is 52.0 Å². The van der Waals surface area contributed by atoms with E-state index in [2.05, 4.69) is 24.3 Å². The average molecular weight is 323 g/mol. The molecule has 0 bridgehead atoms. The van der Waals surface area contributed by atoms with Gasteiger partial charge in [0, 0.05) is 25.9 Å². The second-order valence-electron chi connectivity index (χ2n) is 5.40. The first-order chi connectivity index (χ1) is 10.3. The lowest BCUT2D eigenvalue weighted by molar-refractivity contribution is 0.751. The van der Waals surface area contributed by atoms with Crippen molar-refractivity contribution in [1.82, 2.24) is 0 Å². The van der Waals surface area contributed by atoms with Crippen LogP contribution in [0.5, 0.6) is 0 Å². The van der Waals surface area contributed by atoms with Gasteiger partial charge in [0.25, 0.3) is 0 Å². The van der Waals surface area contributed by atoms with Gasteiger partial charge in [0.05, 0.1) is 0 Å². The molecule has 0 spiro atoms. The Morgan fingerprint density at radius 3 is 1.48 bits per heavy atom. The first kappa shape index (κ1) is 16.7. The van der Waals surface area contributed by atoms with Gasteiger partial charge in [0.2, 0.25) is 0 Å². The third-order valence-electron chi connectivity index (χ3n) is 3.54. The molecule has 2 aromatic rings. The molecule has 0 amide bonds. The van der Waals surface area contributed by atoms with Gasteiger partial charge in [0.1, 0.15) is 0 Å². The Hall–Kier alpha value is -0.680. The lowest BCUT2D eigenvalue weighted by atomic mass is 10.2. The maximum atomic E-state index is 5.54. The maximum absolute atomic E-state index is 5.54. The average Bonchev–Trinajstić information content (AvgIpc) is 3.10. The number of hydrogen-bond acceptors (Lipinski definition) is 4. The molecular weight excluding hydrogens is 296 g/mol. The van der Waals surface area contributed by atoms with E-state index in [1.807, 2.05) is 22.7 Å². The highest BCUT2D eigenvalue weighted by atomic mass is 32.1. The van der Waals surface area contributed by atoms with E-state index in [4.69, 9.17) is 11.5 Å². The molecule has 2 aromatic heterocycles. The van der Waals surface area contributed by atoms with Crippen LogP contribution in [0.4, 0.5) is 0 Å². The zero-order valence-electron chi connectivity index (χ0n) is 12.6. The van der Waals surface area contributed by atoms with Crippen molar-refractivity contribution in [3.05, 3.63) is 43.8 Å². The number of aryl methyl sites for hydroxylation is 2. The molecule has 0 atom stereocenters. The Morgan fingerprint density at radius 2 is 1.05 bits per heavy atom. The van der Waals surface area contributed by atoms with Crippen molar-refractivity contribution in [3.8, 4) is 0 Å². The molecule has 0 unspecified atom stereocenters. The van der Waals surface area contributed by atoms with Gasteiger partial charge >= 0.3 is 0 Å². The number of thiophene rings is 2. The molecule has 0 saturated carbocycles. The van der Waals surface area contributed by atoms with Gasteiger partial charge in [-0.2, -0.15) is 0 Å². The summed E-state index contributed by atoms with van der Waals surface area (Å²) in [7, 11) is 0. The summed E-state index contributed by atoms with van der Waals surface area (Å²) < 4.78 is 0. The van der Waals surface area contributed by atoms with Crippen LogP contribution in [0.15, 0.2) is 24.3 Å². The fourth-order valence-corrected chi connectivity index (χ4v) is 4.62. The Morgan fingerprint density at radius 1 is 0.619 bits per heavy atom. The fraction of sp³-hybridized carbons (Fsp3) is 0.529. The first-order valence-corrected chi connectivity index (χ1v) is 9.50. The molecule has 0 aliphatic carbocycles. The van der Waals surface area contributed by atoms with E-state index >= 15 is 0 Å². The summed E-state index contributed by atoms with van der Waals surface area (Å²) in [5, 5.41) is 0. The van der Waals surface area contributed by atoms with Crippen LogP contribution in [0.25, 0.3) is 0 Å². The van der Waals surface area contributed by atoms with Crippen molar-refractivity contribution in [1.29, 1.82) is 0 Å². The largest absolute Gasteiger partial charge is 0.330 e. The van der Waals surface area contributed by atoms with E-state index in [9.17, 15) is 0 Å². The van der Waals surface area contributed by atoms with Gasteiger partial charge in [-0.05, 0) is 75.9 Å². The summed E-state index contributed by atoms with van der Waals surface area (Å²) in [4.78, 5) is 5.96. The minimum Gasteiger partial charge on any atom is -0.330 e. The van der Waals surface area contributed by atoms with Gasteiger partial charge in [-0.25, -0.2) is 0 Å². The van der Waals surface area contributed by atoms with Crippen molar-refractivity contribution >= 4 is 22.7 Å². The normalized spacial score (nSPS) is 11.1. The lowest BCUT2D eigenvalue weighted by Crippen LogP contribution is -1.98. The summed E-state index contributed by atoms with van der Waals surface area (Å²) in [5.74, 6) is 0. The van der Waals surface area contributed by atoms with Crippen molar-refractivity contribution in [2.24, 2.45) is 11.5 Å². The standard InChI is InChI=1S/C17H26N2S2/c18-11-3-1-5-14-7-9-16(20-14)13-17-10-8-15(21-17)6-2-4-12-19/h7-10H,1-6,11-13,18-19H2. The van der Waals surface area contributed by atoms with E-state index in [0.717, 1.165) is 32.4 Å². The SMILES string of the molecule is NCCCCc1ccc(Cc2ccc(CCCCN)s2)s1. The molecule has 0 saturated heterocycles. The minimum absolute atomic E-state index is 0.806. The van der Waals surface area contributed by atoms with E-state index in [0.29, 0.717) is 0 Å². The van der Waals surface area contributed by atoms with Gasteiger partial charge in [0.15, 0.2) is 0 Å². The summed E-state index contributed by atoms with van der Waals surface area (Å²) in [5.41, 5.74) is 11.1. The highest BCUT2D eigenvalue weighted by Gasteiger charge is 2.05. The summed E-state index contributed by atoms with van der Waals surface area (Å²) in [6.07, 6.45) is 8.12. The zero-order chi connectivity index (χ0) is 14.9. The maximum Gasteiger partial charge on any atom is 0.0163 e. The van der Waals surface area contributed by atoms with Crippen molar-refractivity contribution in [2.75, 3.05) is 13.1 Å². The molecule has 0 radical (unpaired) electrons. The van der Waals surface area contributed by atoms with Crippen LogP contribution >= 0.6 is 22.7 Å². The Kier molecular flexibility index (Phi) is 7.44. The van der Waals surface area contributed by atoms with E-state index < -0.39 is 0 Å². The van der Waals surface area contributed by atoms with Crippen molar-refractivity contribution in [2.45, 2.75) is 44.9 Å². The second-order valence-corrected chi connectivity index (χ2v) is 7.91. The van der Waals surface area contributed by atoms with E-state index in [1.54, 1.807) is 0 Å². The van der Waals surface area contributed by atoms with Gasteiger partial charge in [-0.3, -0.25) is 0 Å². The molecule has 21 heavy (non-hydrogen) atoms. The second kappa shape index (κ2) is 9.36. The number of nitrogens with two attached hydrogens (primary N) is 2. The molecule has 0 fully saturated rings. The van der Waals surface area contributed by atoms with Gasteiger partial charge < -0.3 is 11.5 Å². The fourth-order valence-electron chi connectivity index (χ4n) is 2.36. The molecule has 0 aliphatic rings. The Balaban J connectivity index is 1.81. The smallest absolute Gasteiger partial charge is 0.0163 e. The Bertz CT molecular complexity index is 470. The highest BCUT2D eigenvalue weighted by Crippen LogP contribution is 2.26. The minimum atomic E-state index is 0.806. The van der Waals surface area contributed by atoms with Crippen molar-refractivity contribution < 1.29 is 0 Å². The third-order valence-corrected chi connectivity index (χ3v) is 5.83. The third kappa shape index (κ3) is 5.91. The molecule has 116 valence electrons. The predicted molar refractivity (Wildman–Crippen MR) is 95.4 cm³/mol. The van der Waals surface area contributed by atoms with Crippen molar-refractivity contribution in [3.63, 3.8) is 0 Å². The monoisotopic (exact) mass is 322 g/mol. The molecule has 2 heterocycles. The molecule has 0 aromatic carbocycles. The molecular formula is C17H26N2S2. The number of hydrogen-bond donors (Lipinski definition) is 2. The van der Waals surface area contributed by atoms with Crippen LogP contribution in [-0.4, -0.2) is 13.1 Å². The first-order valence-electron chi connectivity index (χ1n) is 7.87. The van der Waals surface area contributed by atoms with Crippen LogP contribution < -0.4 is 11.5 Å². The van der Waals surface area contributed by atoms with Gasteiger partial charge in [-0.15, -0.1) is 22.7 Å². The number of unbranched alkanes of at least 4 members (excludes halogenated alkanes) is 2. The van der Waals surface area contributed by atoms with Gasteiger partial charge in [-0.1, -0.05) is 0 Å². The zero-order valence-corrected chi connectivity index (χ0v) is 14.3. The molecule has 2 nitrogen and oxygen atoms in total. The van der Waals surface area contributed by atoms with Crippen LogP contribution in [0.1, 0.15) is 45.2 Å². The lowest BCUT2D eigenvalue weighted by Gasteiger charge is -1.96.